The van der Waals surface area contributed by atoms with Crippen molar-refractivity contribution < 1.29 is 0 Å². The van der Waals surface area contributed by atoms with Gasteiger partial charge in [0.1, 0.15) is 0 Å². The minimum absolute atomic E-state index is 0.0491. The van der Waals surface area contributed by atoms with Gasteiger partial charge in [-0.2, -0.15) is 0 Å². The molecule has 1 saturated heterocycles. The van der Waals surface area contributed by atoms with Gasteiger partial charge in [-0.3, -0.25) is 0 Å². The first-order valence-corrected chi connectivity index (χ1v) is 5.20. The highest BCUT2D eigenvalue weighted by Crippen LogP contribution is 2.12. The molecule has 0 radical (unpaired) electrons. The Balaban J connectivity index is 2.25. The topological polar surface area (TPSA) is 41.3 Å². The van der Waals surface area contributed by atoms with Gasteiger partial charge in [-0.15, -0.1) is 0 Å². The number of rotatable bonds is 3. The largest absolute Gasteiger partial charge is 0.324 e. The van der Waals surface area contributed by atoms with Crippen LogP contribution in [0.25, 0.3) is 0 Å². The third kappa shape index (κ3) is 4.07. The van der Waals surface area contributed by atoms with Gasteiger partial charge in [0.15, 0.2) is 0 Å². The van der Waals surface area contributed by atoms with Gasteiger partial charge in [0, 0.05) is 18.1 Å². The Morgan fingerprint density at radius 1 is 1.38 bits per heavy atom. The van der Waals surface area contributed by atoms with E-state index >= 15 is 0 Å². The monoisotopic (exact) mass is 185 g/mol. The molecule has 0 saturated carbocycles. The third-order valence-corrected chi connectivity index (χ3v) is 2.63. The van der Waals surface area contributed by atoms with E-state index in [0.717, 1.165) is 12.6 Å². The van der Waals surface area contributed by atoms with Crippen molar-refractivity contribution in [3.05, 3.63) is 0 Å². The van der Waals surface area contributed by atoms with Crippen molar-refractivity contribution in [1.82, 2.24) is 10.2 Å². The van der Waals surface area contributed by atoms with E-state index in [1.54, 1.807) is 0 Å². The van der Waals surface area contributed by atoms with Crippen LogP contribution in [0.5, 0.6) is 0 Å². The van der Waals surface area contributed by atoms with Crippen LogP contribution in [0.1, 0.15) is 26.7 Å². The molecule has 3 heteroatoms. The van der Waals surface area contributed by atoms with E-state index in [2.05, 4.69) is 24.1 Å². The van der Waals surface area contributed by atoms with Crippen molar-refractivity contribution in [2.24, 2.45) is 5.73 Å². The number of hydrogen-bond acceptors (Lipinski definition) is 3. The summed E-state index contributed by atoms with van der Waals surface area (Å²) in [5.41, 5.74) is 5.93. The Labute approximate surface area is 81.7 Å². The third-order valence-electron chi connectivity index (χ3n) is 2.63. The van der Waals surface area contributed by atoms with Gasteiger partial charge in [-0.1, -0.05) is 0 Å². The standard InChI is InChI=1S/C10H23N3/c1-10(2,11)8-13-6-4-9(12-3)5-7-13/h9,12H,4-8,11H2,1-3H3. The first-order chi connectivity index (χ1) is 6.01. The van der Waals surface area contributed by atoms with Crippen LogP contribution < -0.4 is 11.1 Å². The van der Waals surface area contributed by atoms with E-state index in [1.165, 1.54) is 25.9 Å². The highest BCUT2D eigenvalue weighted by atomic mass is 15.2. The molecule has 1 fully saturated rings. The summed E-state index contributed by atoms with van der Waals surface area (Å²) in [6.45, 7) is 7.58. The fourth-order valence-electron chi connectivity index (χ4n) is 1.96. The molecular weight excluding hydrogens is 162 g/mol. The van der Waals surface area contributed by atoms with Crippen LogP contribution in [0.15, 0.2) is 0 Å². The second-order valence-electron chi connectivity index (χ2n) is 4.83. The van der Waals surface area contributed by atoms with Crippen LogP contribution in [0.4, 0.5) is 0 Å². The molecule has 78 valence electrons. The lowest BCUT2D eigenvalue weighted by Gasteiger charge is -2.35. The summed E-state index contributed by atoms with van der Waals surface area (Å²) in [5.74, 6) is 0. The molecule has 0 aliphatic carbocycles. The predicted octanol–water partition coefficient (Wildman–Crippen LogP) is 0.408. The van der Waals surface area contributed by atoms with Gasteiger partial charge < -0.3 is 16.0 Å². The average Bonchev–Trinajstić information content (AvgIpc) is 2.03. The molecule has 1 aliphatic heterocycles. The number of piperidine rings is 1. The van der Waals surface area contributed by atoms with E-state index in [0.29, 0.717) is 0 Å². The highest BCUT2D eigenvalue weighted by Gasteiger charge is 2.21. The van der Waals surface area contributed by atoms with Crippen LogP contribution in [-0.4, -0.2) is 43.2 Å². The SMILES string of the molecule is CNC1CCN(CC(C)(C)N)CC1. The Bertz CT molecular complexity index is 143. The van der Waals surface area contributed by atoms with Crippen molar-refractivity contribution in [2.75, 3.05) is 26.7 Å². The van der Waals surface area contributed by atoms with Crippen molar-refractivity contribution in [3.8, 4) is 0 Å². The number of likely N-dealkylation sites (tertiary alicyclic amines) is 1. The zero-order valence-corrected chi connectivity index (χ0v) is 9.14. The van der Waals surface area contributed by atoms with Gasteiger partial charge >= 0.3 is 0 Å². The van der Waals surface area contributed by atoms with E-state index < -0.39 is 0 Å². The van der Waals surface area contributed by atoms with Gasteiger partial charge in [0.25, 0.3) is 0 Å². The molecule has 13 heavy (non-hydrogen) atoms. The summed E-state index contributed by atoms with van der Waals surface area (Å²) in [6, 6.07) is 0.720. The minimum atomic E-state index is -0.0491. The first-order valence-electron chi connectivity index (χ1n) is 5.20. The van der Waals surface area contributed by atoms with Crippen molar-refractivity contribution in [3.63, 3.8) is 0 Å². The van der Waals surface area contributed by atoms with Gasteiger partial charge in [-0.25, -0.2) is 0 Å². The second-order valence-corrected chi connectivity index (χ2v) is 4.83. The molecule has 0 atom stereocenters. The minimum Gasteiger partial charge on any atom is -0.324 e. The van der Waals surface area contributed by atoms with Gasteiger partial charge in [0.2, 0.25) is 0 Å². The van der Waals surface area contributed by atoms with Crippen LogP contribution in [0.2, 0.25) is 0 Å². The quantitative estimate of drug-likeness (QED) is 0.669. The Morgan fingerprint density at radius 3 is 2.31 bits per heavy atom. The van der Waals surface area contributed by atoms with E-state index in [-0.39, 0.29) is 5.54 Å². The Hall–Kier alpha value is -0.120. The summed E-state index contributed by atoms with van der Waals surface area (Å²) in [4.78, 5) is 2.47. The maximum atomic E-state index is 5.98. The zero-order valence-electron chi connectivity index (χ0n) is 9.14. The summed E-state index contributed by atoms with van der Waals surface area (Å²) >= 11 is 0. The van der Waals surface area contributed by atoms with Gasteiger partial charge in [-0.05, 0) is 46.8 Å². The summed E-state index contributed by atoms with van der Waals surface area (Å²) in [5, 5.41) is 3.33. The van der Waals surface area contributed by atoms with Crippen LogP contribution in [-0.2, 0) is 0 Å². The molecule has 0 unspecified atom stereocenters. The number of nitrogens with one attached hydrogen (secondary N) is 1. The molecule has 0 aromatic rings. The molecule has 0 amide bonds. The molecular formula is C10H23N3. The molecule has 1 rings (SSSR count). The van der Waals surface area contributed by atoms with E-state index in [9.17, 15) is 0 Å². The second kappa shape index (κ2) is 4.40. The molecule has 0 spiro atoms. The lowest BCUT2D eigenvalue weighted by atomic mass is 10.0. The number of hydrogen-bond donors (Lipinski definition) is 2. The van der Waals surface area contributed by atoms with Crippen molar-refractivity contribution >= 4 is 0 Å². The molecule has 3 nitrogen and oxygen atoms in total. The molecule has 0 aromatic carbocycles. The smallest absolute Gasteiger partial charge is 0.0226 e. The fraction of sp³-hybridized carbons (Fsp3) is 1.00. The predicted molar refractivity (Wildman–Crippen MR) is 56.8 cm³/mol. The average molecular weight is 185 g/mol. The first kappa shape index (κ1) is 11.0. The Kier molecular flexibility index (Phi) is 3.71. The maximum absolute atomic E-state index is 5.98. The summed E-state index contributed by atoms with van der Waals surface area (Å²) in [7, 11) is 2.05. The molecule has 3 N–H and O–H groups in total. The van der Waals surface area contributed by atoms with Crippen molar-refractivity contribution in [1.29, 1.82) is 0 Å². The maximum Gasteiger partial charge on any atom is 0.0226 e. The van der Waals surface area contributed by atoms with Gasteiger partial charge in [0.05, 0.1) is 0 Å². The normalized spacial score (nSPS) is 22.2. The lowest BCUT2D eigenvalue weighted by Crippen LogP contribution is -2.49. The number of nitrogens with zero attached hydrogens (tertiary/aromatic N) is 1. The van der Waals surface area contributed by atoms with Crippen molar-refractivity contribution in [2.45, 2.75) is 38.3 Å². The molecule has 1 aliphatic rings. The number of nitrogens with two attached hydrogens (primary N) is 1. The lowest BCUT2D eigenvalue weighted by molar-refractivity contribution is 0.172. The molecule has 1 heterocycles. The molecule has 0 aromatic heterocycles. The highest BCUT2D eigenvalue weighted by molar-refractivity contribution is 4.82. The Morgan fingerprint density at radius 2 is 1.92 bits per heavy atom. The zero-order chi connectivity index (χ0) is 9.90. The van der Waals surface area contributed by atoms with E-state index in [4.69, 9.17) is 5.73 Å². The fourth-order valence-corrected chi connectivity index (χ4v) is 1.96. The van der Waals surface area contributed by atoms with Crippen LogP contribution in [0, 0.1) is 0 Å². The summed E-state index contributed by atoms with van der Waals surface area (Å²) in [6.07, 6.45) is 2.51. The van der Waals surface area contributed by atoms with Crippen LogP contribution in [0.3, 0.4) is 0 Å². The van der Waals surface area contributed by atoms with E-state index in [1.807, 2.05) is 7.05 Å². The van der Waals surface area contributed by atoms with Crippen LogP contribution >= 0.6 is 0 Å². The molecule has 0 bridgehead atoms. The summed E-state index contributed by atoms with van der Waals surface area (Å²) < 4.78 is 0.